The molecule has 0 saturated heterocycles. The second-order valence-electron chi connectivity index (χ2n) is 5.99. The number of nitro groups is 1. The van der Waals surface area contributed by atoms with Crippen LogP contribution >= 0.6 is 23.7 Å². The van der Waals surface area contributed by atoms with Crippen LogP contribution in [0.3, 0.4) is 0 Å². The lowest BCUT2D eigenvalue weighted by Crippen LogP contribution is -2.38. The molecule has 1 aromatic carbocycles. The summed E-state index contributed by atoms with van der Waals surface area (Å²) in [5, 5.41) is 11.2. The Morgan fingerprint density at radius 1 is 1.24 bits per heavy atom. The average Bonchev–Trinajstić information content (AvgIpc) is 3.31. The molecule has 8 nitrogen and oxygen atoms in total. The number of furan rings is 1. The number of hydrogen-bond acceptors (Lipinski definition) is 7. The third-order valence-electron chi connectivity index (χ3n) is 4.33. The molecule has 2 aromatic heterocycles. The summed E-state index contributed by atoms with van der Waals surface area (Å²) in [5.41, 5.74) is 0.576. The van der Waals surface area contributed by atoms with Crippen LogP contribution < -0.4 is 4.90 Å². The minimum atomic E-state index is -0.697. The SMILES string of the molecule is CCN(CC)CCN(C(=O)c1ccc([N+](=O)[O-])o1)c1nc2ccc(F)cc2s1.Cl. The van der Waals surface area contributed by atoms with Gasteiger partial charge in [0.05, 0.1) is 16.3 Å². The number of benzene rings is 1. The number of carbonyl (C=O) groups is 1. The number of amides is 1. The van der Waals surface area contributed by atoms with Crippen molar-refractivity contribution in [2.24, 2.45) is 0 Å². The number of hydrogen-bond donors (Lipinski definition) is 0. The molecule has 156 valence electrons. The van der Waals surface area contributed by atoms with Gasteiger partial charge in [-0.1, -0.05) is 25.2 Å². The van der Waals surface area contributed by atoms with E-state index < -0.39 is 16.7 Å². The van der Waals surface area contributed by atoms with Crippen LogP contribution in [0.25, 0.3) is 10.2 Å². The van der Waals surface area contributed by atoms with Crippen molar-refractivity contribution in [3.8, 4) is 0 Å². The Bertz CT molecular complexity index is 1000. The Labute approximate surface area is 176 Å². The van der Waals surface area contributed by atoms with Crippen LogP contribution in [0, 0.1) is 15.9 Å². The normalized spacial score (nSPS) is 10.9. The van der Waals surface area contributed by atoms with Gasteiger partial charge < -0.3 is 9.32 Å². The van der Waals surface area contributed by atoms with E-state index in [1.54, 1.807) is 6.07 Å². The predicted molar refractivity (Wildman–Crippen MR) is 112 cm³/mol. The van der Waals surface area contributed by atoms with Gasteiger partial charge >= 0.3 is 5.88 Å². The second-order valence-corrected chi connectivity index (χ2v) is 7.00. The highest BCUT2D eigenvalue weighted by atomic mass is 35.5. The van der Waals surface area contributed by atoms with E-state index in [1.165, 1.54) is 34.4 Å². The van der Waals surface area contributed by atoms with Crippen molar-refractivity contribution >= 4 is 50.9 Å². The molecule has 0 aliphatic heterocycles. The monoisotopic (exact) mass is 442 g/mol. The number of halogens is 2. The first-order valence-electron chi connectivity index (χ1n) is 8.77. The predicted octanol–water partition coefficient (Wildman–Crippen LogP) is 4.35. The molecule has 0 aliphatic carbocycles. The van der Waals surface area contributed by atoms with Gasteiger partial charge in [-0.05, 0) is 37.4 Å². The van der Waals surface area contributed by atoms with E-state index in [2.05, 4.69) is 9.88 Å². The number of fused-ring (bicyclic) bond motifs is 1. The molecule has 0 saturated carbocycles. The zero-order valence-electron chi connectivity index (χ0n) is 15.8. The van der Waals surface area contributed by atoms with Gasteiger partial charge in [0.2, 0.25) is 0 Å². The highest BCUT2D eigenvalue weighted by molar-refractivity contribution is 7.22. The lowest BCUT2D eigenvalue weighted by Gasteiger charge is -2.23. The molecule has 0 spiro atoms. The van der Waals surface area contributed by atoms with E-state index in [-0.39, 0.29) is 24.0 Å². The van der Waals surface area contributed by atoms with Crippen molar-refractivity contribution < 1.29 is 18.5 Å². The van der Waals surface area contributed by atoms with Gasteiger partial charge in [-0.15, -0.1) is 12.4 Å². The molecular formula is C18H20ClFN4O4S. The van der Waals surface area contributed by atoms with E-state index in [9.17, 15) is 19.3 Å². The van der Waals surface area contributed by atoms with E-state index in [4.69, 9.17) is 4.42 Å². The van der Waals surface area contributed by atoms with Crippen molar-refractivity contribution in [1.82, 2.24) is 9.88 Å². The lowest BCUT2D eigenvalue weighted by atomic mass is 10.3. The molecular weight excluding hydrogens is 423 g/mol. The maximum absolute atomic E-state index is 13.5. The van der Waals surface area contributed by atoms with Crippen molar-refractivity contribution in [2.75, 3.05) is 31.1 Å². The van der Waals surface area contributed by atoms with E-state index >= 15 is 0 Å². The molecule has 1 amide bonds. The molecule has 3 aromatic rings. The van der Waals surface area contributed by atoms with Gasteiger partial charge in [0.25, 0.3) is 5.91 Å². The highest BCUT2D eigenvalue weighted by Crippen LogP contribution is 2.31. The highest BCUT2D eigenvalue weighted by Gasteiger charge is 2.26. The first kappa shape index (κ1) is 22.7. The lowest BCUT2D eigenvalue weighted by molar-refractivity contribution is -0.402. The van der Waals surface area contributed by atoms with Crippen LogP contribution in [0.15, 0.2) is 34.7 Å². The molecule has 29 heavy (non-hydrogen) atoms. The molecule has 0 radical (unpaired) electrons. The summed E-state index contributed by atoms with van der Waals surface area (Å²) < 4.78 is 19.2. The number of thiazole rings is 1. The fourth-order valence-corrected chi connectivity index (χ4v) is 3.76. The number of carbonyl (C=O) groups excluding carboxylic acids is 1. The van der Waals surface area contributed by atoms with Gasteiger partial charge in [0.1, 0.15) is 10.7 Å². The Morgan fingerprint density at radius 2 is 1.97 bits per heavy atom. The number of aromatic nitrogens is 1. The van der Waals surface area contributed by atoms with Gasteiger partial charge in [-0.3, -0.25) is 19.8 Å². The summed E-state index contributed by atoms with van der Waals surface area (Å²) in [6, 6.07) is 6.64. The molecule has 0 aliphatic rings. The van der Waals surface area contributed by atoms with Crippen LogP contribution in [0.2, 0.25) is 0 Å². The summed E-state index contributed by atoms with van der Waals surface area (Å²) in [4.78, 5) is 31.1. The summed E-state index contributed by atoms with van der Waals surface area (Å²) in [7, 11) is 0. The van der Waals surface area contributed by atoms with Crippen LogP contribution in [-0.2, 0) is 0 Å². The van der Waals surface area contributed by atoms with Gasteiger partial charge in [0.15, 0.2) is 10.9 Å². The topological polar surface area (TPSA) is 92.7 Å². The smallest absolute Gasteiger partial charge is 0.395 e. The summed E-state index contributed by atoms with van der Waals surface area (Å²) in [5.74, 6) is -1.56. The molecule has 3 rings (SSSR count). The van der Waals surface area contributed by atoms with Crippen LogP contribution in [0.5, 0.6) is 0 Å². The van der Waals surface area contributed by atoms with E-state index in [0.717, 1.165) is 19.2 Å². The minimum absolute atomic E-state index is 0. The molecule has 0 unspecified atom stereocenters. The van der Waals surface area contributed by atoms with Crippen molar-refractivity contribution in [2.45, 2.75) is 13.8 Å². The Hall–Kier alpha value is -2.56. The van der Waals surface area contributed by atoms with E-state index in [0.29, 0.717) is 28.4 Å². The van der Waals surface area contributed by atoms with Crippen molar-refractivity contribution in [3.63, 3.8) is 0 Å². The summed E-state index contributed by atoms with van der Waals surface area (Å²) in [6.07, 6.45) is 0. The molecule has 0 atom stereocenters. The first-order chi connectivity index (χ1) is 13.4. The van der Waals surface area contributed by atoms with Gasteiger partial charge in [-0.2, -0.15) is 0 Å². The maximum atomic E-state index is 13.5. The van der Waals surface area contributed by atoms with Gasteiger partial charge in [0, 0.05) is 13.1 Å². The van der Waals surface area contributed by atoms with E-state index in [1.807, 2.05) is 13.8 Å². The Balaban J connectivity index is 0.00000300. The standard InChI is InChI=1S/C18H19FN4O4S.ClH/c1-3-21(4-2)9-10-22(17(24)14-7-8-16(27-14)23(25)26)18-20-13-6-5-12(19)11-15(13)28-18;/h5-8,11H,3-4,9-10H2,1-2H3;1H. The third-order valence-corrected chi connectivity index (χ3v) is 5.37. The quantitative estimate of drug-likeness (QED) is 0.380. The third kappa shape index (κ3) is 5.08. The van der Waals surface area contributed by atoms with Crippen molar-refractivity contribution in [3.05, 3.63) is 52.0 Å². The minimum Gasteiger partial charge on any atom is -0.395 e. The number of likely N-dealkylation sites (N-methyl/N-ethyl adjacent to an activating group) is 1. The fourth-order valence-electron chi connectivity index (χ4n) is 2.74. The largest absolute Gasteiger partial charge is 0.433 e. The molecule has 2 heterocycles. The maximum Gasteiger partial charge on any atom is 0.433 e. The van der Waals surface area contributed by atoms with Crippen molar-refractivity contribution in [1.29, 1.82) is 0 Å². The van der Waals surface area contributed by atoms with Crippen LogP contribution in [0.1, 0.15) is 24.4 Å². The molecule has 0 bridgehead atoms. The second kappa shape index (κ2) is 9.77. The van der Waals surface area contributed by atoms with Crippen LogP contribution in [0.4, 0.5) is 15.4 Å². The zero-order valence-corrected chi connectivity index (χ0v) is 17.5. The number of nitrogens with zero attached hydrogens (tertiary/aromatic N) is 4. The average molecular weight is 443 g/mol. The Kier molecular flexibility index (Phi) is 7.66. The molecule has 11 heteroatoms. The molecule has 0 fully saturated rings. The molecule has 0 N–H and O–H groups in total. The van der Waals surface area contributed by atoms with Gasteiger partial charge in [-0.25, -0.2) is 9.37 Å². The number of anilines is 1. The fraction of sp³-hybridized carbons (Fsp3) is 0.333. The summed E-state index contributed by atoms with van der Waals surface area (Å²) in [6.45, 7) is 6.58. The zero-order chi connectivity index (χ0) is 20.3. The first-order valence-corrected chi connectivity index (χ1v) is 9.59. The van der Waals surface area contributed by atoms with Crippen LogP contribution in [-0.4, -0.2) is 46.9 Å². The number of rotatable bonds is 8. The summed E-state index contributed by atoms with van der Waals surface area (Å²) >= 11 is 1.18. The Morgan fingerprint density at radius 3 is 2.59 bits per heavy atom.